The summed E-state index contributed by atoms with van der Waals surface area (Å²) in [6.45, 7) is 0. The summed E-state index contributed by atoms with van der Waals surface area (Å²) in [5, 5.41) is 0. The van der Waals surface area contributed by atoms with Crippen LogP contribution in [-0.2, 0) is 6.42 Å². The van der Waals surface area contributed by atoms with Gasteiger partial charge in [-0.3, -0.25) is 4.79 Å². The van der Waals surface area contributed by atoms with E-state index in [4.69, 9.17) is 0 Å². The molecular formula is C12H11NO. The lowest BCUT2D eigenvalue weighted by Gasteiger charge is -1.97. The first kappa shape index (κ1) is 8.75. The second kappa shape index (κ2) is 3.92. The smallest absolute Gasteiger partial charge is 0.168 e. The Morgan fingerprint density at radius 3 is 2.57 bits per heavy atom. The van der Waals surface area contributed by atoms with Gasteiger partial charge in [0.15, 0.2) is 5.78 Å². The van der Waals surface area contributed by atoms with Crippen LogP contribution in [-0.4, -0.2) is 10.8 Å². The minimum atomic E-state index is 0.150. The Labute approximate surface area is 82.6 Å². The zero-order chi connectivity index (χ0) is 9.80. The zero-order valence-electron chi connectivity index (χ0n) is 7.73. The van der Waals surface area contributed by atoms with Crippen LogP contribution >= 0.6 is 0 Å². The van der Waals surface area contributed by atoms with Gasteiger partial charge in [-0.15, -0.1) is 0 Å². The molecule has 0 aliphatic carbocycles. The summed E-state index contributed by atoms with van der Waals surface area (Å²) in [5.41, 5.74) is 1.80. The summed E-state index contributed by atoms with van der Waals surface area (Å²) >= 11 is 0. The Kier molecular flexibility index (Phi) is 2.45. The highest BCUT2D eigenvalue weighted by molar-refractivity contribution is 5.97. The number of H-pyrrole nitrogens is 1. The topological polar surface area (TPSA) is 32.9 Å². The van der Waals surface area contributed by atoms with Crippen molar-refractivity contribution in [3.8, 4) is 0 Å². The molecule has 0 aliphatic heterocycles. The lowest BCUT2D eigenvalue weighted by Crippen LogP contribution is -2.01. The monoisotopic (exact) mass is 185 g/mol. The minimum absolute atomic E-state index is 0.150. The molecule has 1 heterocycles. The predicted octanol–water partition coefficient (Wildman–Crippen LogP) is 2.44. The predicted molar refractivity (Wildman–Crippen MR) is 55.3 cm³/mol. The van der Waals surface area contributed by atoms with Gasteiger partial charge in [-0.1, -0.05) is 30.3 Å². The molecule has 70 valence electrons. The number of rotatable bonds is 3. The van der Waals surface area contributed by atoms with Gasteiger partial charge in [-0.25, -0.2) is 0 Å². The fourth-order valence-electron chi connectivity index (χ4n) is 1.38. The summed E-state index contributed by atoms with van der Waals surface area (Å²) in [7, 11) is 0. The van der Waals surface area contributed by atoms with E-state index in [-0.39, 0.29) is 5.78 Å². The standard InChI is InChI=1S/C12H11NO/c14-12(11-6-7-13-9-11)8-10-4-2-1-3-5-10/h1-7,9,13H,8H2. The average Bonchev–Trinajstić information content (AvgIpc) is 2.72. The summed E-state index contributed by atoms with van der Waals surface area (Å²) in [6, 6.07) is 11.6. The van der Waals surface area contributed by atoms with Crippen molar-refractivity contribution in [2.75, 3.05) is 0 Å². The van der Waals surface area contributed by atoms with Crippen LogP contribution in [0.3, 0.4) is 0 Å². The Balaban J connectivity index is 2.10. The Morgan fingerprint density at radius 2 is 1.93 bits per heavy atom. The van der Waals surface area contributed by atoms with Crippen molar-refractivity contribution in [3.63, 3.8) is 0 Å². The fraction of sp³-hybridized carbons (Fsp3) is 0.0833. The summed E-state index contributed by atoms with van der Waals surface area (Å²) in [4.78, 5) is 14.5. The molecule has 2 heteroatoms. The second-order valence-corrected chi connectivity index (χ2v) is 3.19. The first-order valence-corrected chi connectivity index (χ1v) is 4.56. The van der Waals surface area contributed by atoms with Gasteiger partial charge >= 0.3 is 0 Å². The highest BCUT2D eigenvalue weighted by Crippen LogP contribution is 2.06. The number of aromatic amines is 1. The molecule has 0 radical (unpaired) electrons. The van der Waals surface area contributed by atoms with Crippen LogP contribution in [0.5, 0.6) is 0 Å². The molecule has 0 amide bonds. The van der Waals surface area contributed by atoms with Crippen molar-refractivity contribution in [2.45, 2.75) is 6.42 Å². The molecule has 0 unspecified atom stereocenters. The molecule has 14 heavy (non-hydrogen) atoms. The average molecular weight is 185 g/mol. The maximum Gasteiger partial charge on any atom is 0.168 e. The van der Waals surface area contributed by atoms with Crippen LogP contribution in [0.2, 0.25) is 0 Å². The second-order valence-electron chi connectivity index (χ2n) is 3.19. The molecule has 2 rings (SSSR count). The molecule has 0 bridgehead atoms. The SMILES string of the molecule is O=C(Cc1ccccc1)c1cc[nH]c1. The van der Waals surface area contributed by atoms with Crippen molar-refractivity contribution in [2.24, 2.45) is 0 Å². The molecule has 0 atom stereocenters. The molecule has 2 nitrogen and oxygen atoms in total. The van der Waals surface area contributed by atoms with Gasteiger partial charge in [0.05, 0.1) is 0 Å². The number of hydrogen-bond acceptors (Lipinski definition) is 1. The van der Waals surface area contributed by atoms with Gasteiger partial charge in [-0.05, 0) is 11.6 Å². The van der Waals surface area contributed by atoms with Crippen molar-refractivity contribution in [1.29, 1.82) is 0 Å². The van der Waals surface area contributed by atoms with Crippen molar-refractivity contribution in [1.82, 2.24) is 4.98 Å². The number of ketones is 1. The van der Waals surface area contributed by atoms with E-state index >= 15 is 0 Å². The Morgan fingerprint density at radius 1 is 1.14 bits per heavy atom. The molecule has 2 aromatic rings. The summed E-state index contributed by atoms with van der Waals surface area (Å²) in [6.07, 6.45) is 3.96. The first-order valence-electron chi connectivity index (χ1n) is 4.56. The van der Waals surface area contributed by atoms with Crippen molar-refractivity contribution >= 4 is 5.78 Å². The van der Waals surface area contributed by atoms with Crippen molar-refractivity contribution < 1.29 is 4.79 Å². The molecule has 0 spiro atoms. The molecule has 1 aromatic carbocycles. The molecule has 0 saturated heterocycles. The fourth-order valence-corrected chi connectivity index (χ4v) is 1.38. The number of nitrogens with one attached hydrogen (secondary N) is 1. The number of aromatic nitrogens is 1. The van der Waals surface area contributed by atoms with Gasteiger partial charge in [0, 0.05) is 24.4 Å². The highest BCUT2D eigenvalue weighted by atomic mass is 16.1. The zero-order valence-corrected chi connectivity index (χ0v) is 7.73. The lowest BCUT2D eigenvalue weighted by atomic mass is 10.1. The summed E-state index contributed by atoms with van der Waals surface area (Å²) in [5.74, 6) is 0.150. The van der Waals surface area contributed by atoms with Gasteiger partial charge in [0.2, 0.25) is 0 Å². The Hall–Kier alpha value is -1.83. The minimum Gasteiger partial charge on any atom is -0.367 e. The molecule has 0 saturated carbocycles. The summed E-state index contributed by atoms with van der Waals surface area (Å²) < 4.78 is 0. The first-order chi connectivity index (χ1) is 6.86. The van der Waals surface area contributed by atoms with E-state index in [0.29, 0.717) is 6.42 Å². The largest absolute Gasteiger partial charge is 0.367 e. The lowest BCUT2D eigenvalue weighted by molar-refractivity contribution is 0.0993. The molecular weight excluding hydrogens is 174 g/mol. The van der Waals surface area contributed by atoms with E-state index in [2.05, 4.69) is 4.98 Å². The van der Waals surface area contributed by atoms with E-state index in [9.17, 15) is 4.79 Å². The van der Waals surface area contributed by atoms with Gasteiger partial charge < -0.3 is 4.98 Å². The van der Waals surface area contributed by atoms with Crippen LogP contribution in [0.1, 0.15) is 15.9 Å². The molecule has 0 fully saturated rings. The Bertz CT molecular complexity index is 403. The van der Waals surface area contributed by atoms with Crippen LogP contribution in [0.25, 0.3) is 0 Å². The maximum absolute atomic E-state index is 11.7. The van der Waals surface area contributed by atoms with Gasteiger partial charge in [0.1, 0.15) is 0 Å². The maximum atomic E-state index is 11.7. The molecule has 1 N–H and O–H groups in total. The third-order valence-corrected chi connectivity index (χ3v) is 2.13. The number of benzene rings is 1. The third-order valence-electron chi connectivity index (χ3n) is 2.13. The van der Waals surface area contributed by atoms with Gasteiger partial charge in [0.25, 0.3) is 0 Å². The number of carbonyl (C=O) groups excluding carboxylic acids is 1. The molecule has 0 aliphatic rings. The van der Waals surface area contributed by atoms with Gasteiger partial charge in [-0.2, -0.15) is 0 Å². The van der Waals surface area contributed by atoms with Crippen LogP contribution in [0, 0.1) is 0 Å². The number of carbonyl (C=O) groups is 1. The van der Waals surface area contributed by atoms with E-state index < -0.39 is 0 Å². The quantitative estimate of drug-likeness (QED) is 0.732. The molecule has 1 aromatic heterocycles. The van der Waals surface area contributed by atoms with Crippen molar-refractivity contribution in [3.05, 3.63) is 59.9 Å². The highest BCUT2D eigenvalue weighted by Gasteiger charge is 2.05. The third kappa shape index (κ3) is 1.91. The van der Waals surface area contributed by atoms with E-state index in [0.717, 1.165) is 11.1 Å². The van der Waals surface area contributed by atoms with E-state index in [1.165, 1.54) is 0 Å². The van der Waals surface area contributed by atoms with Crippen LogP contribution in [0.15, 0.2) is 48.8 Å². The van der Waals surface area contributed by atoms with E-state index in [1.807, 2.05) is 30.3 Å². The van der Waals surface area contributed by atoms with E-state index in [1.54, 1.807) is 18.5 Å². The normalized spacial score (nSPS) is 10.0. The number of Topliss-reactive ketones (excluding diaryl/α,β-unsaturated/α-hetero) is 1. The van der Waals surface area contributed by atoms with Crippen LogP contribution in [0.4, 0.5) is 0 Å². The van der Waals surface area contributed by atoms with Crippen LogP contribution < -0.4 is 0 Å². The number of hydrogen-bond donors (Lipinski definition) is 1.